The Kier molecular flexibility index (Phi) is 4.78. The van der Waals surface area contributed by atoms with Gasteiger partial charge in [-0.15, -0.1) is 0 Å². The molecular formula is C12H18N2O3. The van der Waals surface area contributed by atoms with Crippen LogP contribution < -0.4 is 15.8 Å². The molecule has 0 aliphatic carbocycles. The Bertz CT molecular complexity index is 391. The van der Waals surface area contributed by atoms with E-state index in [1.165, 1.54) is 0 Å². The van der Waals surface area contributed by atoms with E-state index in [0.29, 0.717) is 23.6 Å². The van der Waals surface area contributed by atoms with Gasteiger partial charge in [0.25, 0.3) is 5.91 Å². The molecule has 1 aromatic carbocycles. The van der Waals surface area contributed by atoms with Gasteiger partial charge < -0.3 is 20.9 Å². The monoisotopic (exact) mass is 238 g/mol. The van der Waals surface area contributed by atoms with Crippen molar-refractivity contribution in [1.82, 2.24) is 5.32 Å². The second-order valence-corrected chi connectivity index (χ2v) is 3.72. The minimum atomic E-state index is -0.587. The number of carbonyl (C=O) groups excluding carboxylic acids is 1. The van der Waals surface area contributed by atoms with E-state index < -0.39 is 6.10 Å². The first-order valence-electron chi connectivity index (χ1n) is 5.53. The molecule has 1 unspecified atom stereocenters. The number of hydrogen-bond acceptors (Lipinski definition) is 4. The van der Waals surface area contributed by atoms with Crippen molar-refractivity contribution in [3.63, 3.8) is 0 Å². The van der Waals surface area contributed by atoms with E-state index in [9.17, 15) is 4.79 Å². The zero-order chi connectivity index (χ0) is 12.8. The second-order valence-electron chi connectivity index (χ2n) is 3.72. The number of nitrogens with two attached hydrogens (primary N) is 1. The summed E-state index contributed by atoms with van der Waals surface area (Å²) in [7, 11) is 0. The topological polar surface area (TPSA) is 84.6 Å². The van der Waals surface area contributed by atoms with Gasteiger partial charge in [-0.1, -0.05) is 6.07 Å². The van der Waals surface area contributed by atoms with E-state index in [1.54, 1.807) is 25.1 Å². The minimum Gasteiger partial charge on any atom is -0.491 e. The molecule has 5 heteroatoms. The number of rotatable bonds is 5. The van der Waals surface area contributed by atoms with Gasteiger partial charge in [-0.25, -0.2) is 0 Å². The summed E-state index contributed by atoms with van der Waals surface area (Å²) in [5, 5.41) is 11.7. The Morgan fingerprint density at radius 1 is 1.59 bits per heavy atom. The zero-order valence-corrected chi connectivity index (χ0v) is 10.1. The normalized spacial score (nSPS) is 11.9. The molecule has 0 spiro atoms. The average Bonchev–Trinajstić information content (AvgIpc) is 2.29. The SMILES string of the molecule is CCOc1c(N)cccc1C(=O)NCC(C)O. The van der Waals surface area contributed by atoms with Gasteiger partial charge in [-0.05, 0) is 26.0 Å². The van der Waals surface area contributed by atoms with Gasteiger partial charge in [-0.3, -0.25) is 4.79 Å². The van der Waals surface area contributed by atoms with E-state index >= 15 is 0 Å². The van der Waals surface area contributed by atoms with Crippen LogP contribution in [0.25, 0.3) is 0 Å². The highest BCUT2D eigenvalue weighted by Crippen LogP contribution is 2.26. The number of aliphatic hydroxyl groups excluding tert-OH is 1. The number of hydrogen-bond donors (Lipinski definition) is 3. The van der Waals surface area contributed by atoms with Crippen LogP contribution >= 0.6 is 0 Å². The van der Waals surface area contributed by atoms with E-state index in [2.05, 4.69) is 5.32 Å². The first kappa shape index (κ1) is 13.3. The van der Waals surface area contributed by atoms with Crippen molar-refractivity contribution >= 4 is 11.6 Å². The molecule has 1 amide bonds. The van der Waals surface area contributed by atoms with Crippen LogP contribution in [0.3, 0.4) is 0 Å². The maximum atomic E-state index is 11.8. The van der Waals surface area contributed by atoms with Crippen molar-refractivity contribution in [2.45, 2.75) is 20.0 Å². The number of nitrogen functional groups attached to an aromatic ring is 1. The van der Waals surface area contributed by atoms with Crippen molar-refractivity contribution in [1.29, 1.82) is 0 Å². The average molecular weight is 238 g/mol. The van der Waals surface area contributed by atoms with Gasteiger partial charge in [0.15, 0.2) is 5.75 Å². The van der Waals surface area contributed by atoms with Gasteiger partial charge in [0, 0.05) is 6.54 Å². The van der Waals surface area contributed by atoms with Crippen molar-refractivity contribution in [3.05, 3.63) is 23.8 Å². The molecule has 0 aliphatic rings. The molecule has 94 valence electrons. The third-order valence-corrected chi connectivity index (χ3v) is 2.14. The summed E-state index contributed by atoms with van der Waals surface area (Å²) in [4.78, 5) is 11.8. The molecule has 5 nitrogen and oxygen atoms in total. The van der Waals surface area contributed by atoms with Crippen LogP contribution in [0.4, 0.5) is 5.69 Å². The fourth-order valence-electron chi connectivity index (χ4n) is 1.37. The standard InChI is InChI=1S/C12H18N2O3/c1-3-17-11-9(5-4-6-10(11)13)12(16)14-7-8(2)15/h4-6,8,15H,3,7,13H2,1-2H3,(H,14,16). The number of benzene rings is 1. The first-order chi connectivity index (χ1) is 8.06. The molecule has 0 radical (unpaired) electrons. The van der Waals surface area contributed by atoms with Crippen molar-refractivity contribution in [3.8, 4) is 5.75 Å². The number of anilines is 1. The Morgan fingerprint density at radius 2 is 2.29 bits per heavy atom. The highest BCUT2D eigenvalue weighted by atomic mass is 16.5. The molecule has 0 aliphatic heterocycles. The largest absolute Gasteiger partial charge is 0.491 e. The lowest BCUT2D eigenvalue weighted by Gasteiger charge is -2.13. The molecule has 1 rings (SSSR count). The van der Waals surface area contributed by atoms with Gasteiger partial charge in [0.05, 0.1) is 24.0 Å². The smallest absolute Gasteiger partial charge is 0.255 e. The summed E-state index contributed by atoms with van der Waals surface area (Å²) < 4.78 is 5.35. The number of carbonyl (C=O) groups is 1. The van der Waals surface area contributed by atoms with E-state index in [0.717, 1.165) is 0 Å². The zero-order valence-electron chi connectivity index (χ0n) is 10.1. The van der Waals surface area contributed by atoms with E-state index in [-0.39, 0.29) is 12.5 Å². The van der Waals surface area contributed by atoms with E-state index in [4.69, 9.17) is 15.6 Å². The summed E-state index contributed by atoms with van der Waals surface area (Å²) in [6, 6.07) is 5.00. The number of aliphatic hydroxyl groups is 1. The molecule has 17 heavy (non-hydrogen) atoms. The lowest BCUT2D eigenvalue weighted by molar-refractivity contribution is 0.0920. The maximum Gasteiger partial charge on any atom is 0.255 e. The molecule has 1 aromatic rings. The Labute approximate surface area is 101 Å². The van der Waals surface area contributed by atoms with Crippen LogP contribution in [-0.4, -0.2) is 30.3 Å². The van der Waals surface area contributed by atoms with Gasteiger partial charge in [0.2, 0.25) is 0 Å². The molecule has 0 aromatic heterocycles. The van der Waals surface area contributed by atoms with Gasteiger partial charge >= 0.3 is 0 Å². The lowest BCUT2D eigenvalue weighted by atomic mass is 10.1. The molecule has 0 saturated heterocycles. The number of amides is 1. The molecule has 1 atom stereocenters. The summed E-state index contributed by atoms with van der Waals surface area (Å²) in [5.41, 5.74) is 6.56. The quantitative estimate of drug-likeness (QED) is 0.662. The van der Waals surface area contributed by atoms with Crippen LogP contribution in [0.5, 0.6) is 5.75 Å². The third kappa shape index (κ3) is 3.64. The predicted molar refractivity (Wildman–Crippen MR) is 66.0 cm³/mol. The summed E-state index contributed by atoms with van der Waals surface area (Å²) in [6.07, 6.45) is -0.587. The molecule has 0 fully saturated rings. The second kappa shape index (κ2) is 6.10. The summed E-state index contributed by atoms with van der Waals surface area (Å²) >= 11 is 0. The number of para-hydroxylation sites is 1. The van der Waals surface area contributed by atoms with Crippen LogP contribution in [-0.2, 0) is 0 Å². The van der Waals surface area contributed by atoms with E-state index in [1.807, 2.05) is 6.92 Å². The van der Waals surface area contributed by atoms with Gasteiger partial charge in [-0.2, -0.15) is 0 Å². The molecule has 4 N–H and O–H groups in total. The molecule has 0 heterocycles. The highest BCUT2D eigenvalue weighted by Gasteiger charge is 2.14. The van der Waals surface area contributed by atoms with Crippen molar-refractivity contribution < 1.29 is 14.6 Å². The predicted octanol–water partition coefficient (Wildman–Crippen LogP) is 0.778. The molecular weight excluding hydrogens is 220 g/mol. The van der Waals surface area contributed by atoms with Crippen LogP contribution in [0.15, 0.2) is 18.2 Å². The van der Waals surface area contributed by atoms with Crippen LogP contribution in [0, 0.1) is 0 Å². The third-order valence-electron chi connectivity index (χ3n) is 2.14. The fraction of sp³-hybridized carbons (Fsp3) is 0.417. The summed E-state index contributed by atoms with van der Waals surface area (Å²) in [6.45, 7) is 4.05. The Hall–Kier alpha value is -1.75. The lowest BCUT2D eigenvalue weighted by Crippen LogP contribution is -2.30. The van der Waals surface area contributed by atoms with Crippen molar-refractivity contribution in [2.24, 2.45) is 0 Å². The molecule has 0 bridgehead atoms. The number of ether oxygens (including phenoxy) is 1. The van der Waals surface area contributed by atoms with Crippen molar-refractivity contribution in [2.75, 3.05) is 18.9 Å². The first-order valence-corrected chi connectivity index (χ1v) is 5.53. The minimum absolute atomic E-state index is 0.194. The Morgan fingerprint density at radius 3 is 2.88 bits per heavy atom. The molecule has 0 saturated carbocycles. The number of nitrogens with one attached hydrogen (secondary N) is 1. The fourth-order valence-corrected chi connectivity index (χ4v) is 1.37. The van der Waals surface area contributed by atoms with Gasteiger partial charge in [0.1, 0.15) is 0 Å². The maximum absolute atomic E-state index is 11.8. The Balaban J connectivity index is 2.88. The van der Waals surface area contributed by atoms with Crippen LogP contribution in [0.2, 0.25) is 0 Å². The highest BCUT2D eigenvalue weighted by molar-refractivity contribution is 5.98. The van der Waals surface area contributed by atoms with Crippen LogP contribution in [0.1, 0.15) is 24.2 Å². The summed E-state index contributed by atoms with van der Waals surface area (Å²) in [5.74, 6) is 0.0831.